The van der Waals surface area contributed by atoms with Gasteiger partial charge in [0.25, 0.3) is 5.91 Å². The summed E-state index contributed by atoms with van der Waals surface area (Å²) in [4.78, 5) is 15.6. The van der Waals surface area contributed by atoms with Crippen molar-refractivity contribution < 1.29 is 9.18 Å². The van der Waals surface area contributed by atoms with Crippen molar-refractivity contribution in [1.29, 1.82) is 0 Å². The summed E-state index contributed by atoms with van der Waals surface area (Å²) in [5.74, 6) is -0.619. The van der Waals surface area contributed by atoms with Crippen LogP contribution in [0.15, 0.2) is 42.6 Å². The van der Waals surface area contributed by atoms with Gasteiger partial charge in [0.05, 0.1) is 11.8 Å². The van der Waals surface area contributed by atoms with Crippen LogP contribution in [0.5, 0.6) is 0 Å². The lowest BCUT2D eigenvalue weighted by molar-refractivity contribution is 0.0953. The van der Waals surface area contributed by atoms with E-state index in [0.29, 0.717) is 12.5 Å². The Balaban J connectivity index is 1.88. The zero-order chi connectivity index (χ0) is 15.2. The lowest BCUT2D eigenvalue weighted by atomic mass is 9.98. The van der Waals surface area contributed by atoms with Gasteiger partial charge in [-0.25, -0.2) is 9.37 Å². The molecule has 2 rings (SSSR count). The third kappa shape index (κ3) is 4.02. The number of carbonyl (C=O) groups is 1. The molecule has 0 aliphatic heterocycles. The summed E-state index contributed by atoms with van der Waals surface area (Å²) in [6.45, 7) is 2.59. The van der Waals surface area contributed by atoms with Gasteiger partial charge in [0, 0.05) is 6.54 Å². The summed E-state index contributed by atoms with van der Waals surface area (Å²) in [7, 11) is 0. The maximum absolute atomic E-state index is 13.1. The molecule has 1 amide bonds. The van der Waals surface area contributed by atoms with E-state index in [9.17, 15) is 9.18 Å². The zero-order valence-electron chi connectivity index (χ0n) is 11.8. The first kappa shape index (κ1) is 15.0. The van der Waals surface area contributed by atoms with Crippen molar-refractivity contribution in [2.24, 2.45) is 0 Å². The summed E-state index contributed by atoms with van der Waals surface area (Å²) in [6.07, 6.45) is 1.78. The number of aromatic nitrogens is 1. The Morgan fingerprint density at radius 3 is 2.81 bits per heavy atom. The van der Waals surface area contributed by atoms with Crippen molar-refractivity contribution in [1.82, 2.24) is 10.3 Å². The predicted molar refractivity (Wildman–Crippen MR) is 80.4 cm³/mol. The molecule has 1 unspecified atom stereocenters. The van der Waals surface area contributed by atoms with Crippen LogP contribution in [-0.4, -0.2) is 17.4 Å². The first-order chi connectivity index (χ1) is 10.1. The van der Waals surface area contributed by atoms with Crippen LogP contribution in [0.25, 0.3) is 0 Å². The van der Waals surface area contributed by atoms with E-state index in [1.54, 1.807) is 0 Å². The summed E-state index contributed by atoms with van der Waals surface area (Å²) >= 11 is 0. The average molecular weight is 287 g/mol. The van der Waals surface area contributed by atoms with Crippen molar-refractivity contribution >= 4 is 11.7 Å². The standard InChI is InChI=1S/C16H18FN3O/c1-11(12-5-3-2-4-6-12)7-8-19-16(21)14-9-13(17)10-20-15(14)18/h2-6,9-11H,7-8H2,1H3,(H2,18,20)(H,19,21). The van der Waals surface area contributed by atoms with Crippen molar-refractivity contribution in [2.75, 3.05) is 12.3 Å². The highest BCUT2D eigenvalue weighted by atomic mass is 19.1. The van der Waals surface area contributed by atoms with Gasteiger partial charge in [0.2, 0.25) is 0 Å². The van der Waals surface area contributed by atoms with Crippen LogP contribution in [-0.2, 0) is 0 Å². The van der Waals surface area contributed by atoms with Gasteiger partial charge in [-0.15, -0.1) is 0 Å². The first-order valence-electron chi connectivity index (χ1n) is 6.82. The summed E-state index contributed by atoms with van der Waals surface area (Å²) in [6, 6.07) is 11.2. The number of halogens is 1. The second-order valence-electron chi connectivity index (χ2n) is 4.94. The predicted octanol–water partition coefficient (Wildman–Crippen LogP) is 2.73. The van der Waals surface area contributed by atoms with E-state index in [2.05, 4.69) is 29.4 Å². The number of anilines is 1. The number of nitrogen functional groups attached to an aromatic ring is 1. The Morgan fingerprint density at radius 2 is 2.10 bits per heavy atom. The molecule has 2 aromatic rings. The molecule has 1 aromatic heterocycles. The van der Waals surface area contributed by atoms with Gasteiger partial charge in [-0.3, -0.25) is 4.79 Å². The molecule has 1 atom stereocenters. The van der Waals surface area contributed by atoms with Crippen LogP contribution in [0, 0.1) is 5.82 Å². The van der Waals surface area contributed by atoms with Crippen LogP contribution in [0.3, 0.4) is 0 Å². The fourth-order valence-corrected chi connectivity index (χ4v) is 2.08. The van der Waals surface area contributed by atoms with Gasteiger partial charge in [-0.2, -0.15) is 0 Å². The lowest BCUT2D eigenvalue weighted by Gasteiger charge is -2.12. The molecule has 0 bridgehead atoms. The van der Waals surface area contributed by atoms with Crippen LogP contribution in [0.1, 0.15) is 35.2 Å². The Bertz CT molecular complexity index is 616. The maximum atomic E-state index is 13.1. The minimum atomic E-state index is -0.577. The van der Waals surface area contributed by atoms with Gasteiger partial charge in [0.15, 0.2) is 0 Å². The molecule has 0 fully saturated rings. The van der Waals surface area contributed by atoms with Crippen LogP contribution < -0.4 is 11.1 Å². The van der Waals surface area contributed by atoms with E-state index in [-0.39, 0.29) is 11.4 Å². The monoisotopic (exact) mass is 287 g/mol. The summed E-state index contributed by atoms with van der Waals surface area (Å²) in [5.41, 5.74) is 6.87. The molecule has 3 N–H and O–H groups in total. The number of pyridine rings is 1. The topological polar surface area (TPSA) is 68.0 Å². The van der Waals surface area contributed by atoms with E-state index in [1.807, 2.05) is 18.2 Å². The Kier molecular flexibility index (Phi) is 4.87. The fourth-order valence-electron chi connectivity index (χ4n) is 2.08. The van der Waals surface area contributed by atoms with E-state index in [4.69, 9.17) is 5.73 Å². The second kappa shape index (κ2) is 6.83. The van der Waals surface area contributed by atoms with Gasteiger partial charge >= 0.3 is 0 Å². The largest absolute Gasteiger partial charge is 0.383 e. The van der Waals surface area contributed by atoms with Crippen LogP contribution in [0.2, 0.25) is 0 Å². The van der Waals surface area contributed by atoms with E-state index < -0.39 is 11.7 Å². The number of benzene rings is 1. The maximum Gasteiger partial charge on any atom is 0.255 e. The Morgan fingerprint density at radius 1 is 1.38 bits per heavy atom. The quantitative estimate of drug-likeness (QED) is 0.888. The first-order valence-corrected chi connectivity index (χ1v) is 6.82. The molecule has 5 heteroatoms. The van der Waals surface area contributed by atoms with Crippen molar-refractivity contribution in [3.05, 3.63) is 59.5 Å². The van der Waals surface area contributed by atoms with E-state index in [1.165, 1.54) is 5.56 Å². The molecular formula is C16H18FN3O. The SMILES string of the molecule is CC(CCNC(=O)c1cc(F)cnc1N)c1ccccc1. The fraction of sp³-hybridized carbons (Fsp3) is 0.250. The molecule has 110 valence electrons. The molecule has 0 radical (unpaired) electrons. The number of hydrogen-bond acceptors (Lipinski definition) is 3. The minimum Gasteiger partial charge on any atom is -0.383 e. The number of nitrogens with two attached hydrogens (primary N) is 1. The summed E-state index contributed by atoms with van der Waals surface area (Å²) in [5, 5.41) is 2.74. The second-order valence-corrected chi connectivity index (χ2v) is 4.94. The molecule has 0 saturated carbocycles. The van der Waals surface area contributed by atoms with Crippen molar-refractivity contribution in [3.8, 4) is 0 Å². The highest BCUT2D eigenvalue weighted by molar-refractivity contribution is 5.98. The third-order valence-corrected chi connectivity index (χ3v) is 3.36. The number of hydrogen-bond donors (Lipinski definition) is 2. The van der Waals surface area contributed by atoms with Gasteiger partial charge in [-0.05, 0) is 24.0 Å². The molecule has 0 saturated heterocycles. The van der Waals surface area contributed by atoms with Gasteiger partial charge in [-0.1, -0.05) is 37.3 Å². The molecular weight excluding hydrogens is 269 g/mol. The molecule has 1 heterocycles. The lowest BCUT2D eigenvalue weighted by Crippen LogP contribution is -2.26. The number of rotatable bonds is 5. The summed E-state index contributed by atoms with van der Waals surface area (Å²) < 4.78 is 13.1. The van der Waals surface area contributed by atoms with Crippen LogP contribution in [0.4, 0.5) is 10.2 Å². The van der Waals surface area contributed by atoms with Crippen molar-refractivity contribution in [3.63, 3.8) is 0 Å². The van der Waals surface area contributed by atoms with Crippen LogP contribution >= 0.6 is 0 Å². The van der Waals surface area contributed by atoms with E-state index >= 15 is 0 Å². The smallest absolute Gasteiger partial charge is 0.255 e. The highest BCUT2D eigenvalue weighted by Crippen LogP contribution is 2.17. The average Bonchev–Trinajstić information content (AvgIpc) is 2.50. The molecule has 4 nitrogen and oxygen atoms in total. The van der Waals surface area contributed by atoms with E-state index in [0.717, 1.165) is 18.7 Å². The normalized spacial score (nSPS) is 11.9. The molecule has 0 spiro atoms. The number of carbonyl (C=O) groups excluding carboxylic acids is 1. The molecule has 21 heavy (non-hydrogen) atoms. The highest BCUT2D eigenvalue weighted by Gasteiger charge is 2.12. The molecule has 0 aliphatic rings. The van der Waals surface area contributed by atoms with Gasteiger partial charge in [0.1, 0.15) is 11.6 Å². The van der Waals surface area contributed by atoms with Crippen molar-refractivity contribution in [2.45, 2.75) is 19.3 Å². The number of amides is 1. The minimum absolute atomic E-state index is 0.0324. The third-order valence-electron chi connectivity index (χ3n) is 3.36. The number of nitrogens with one attached hydrogen (secondary N) is 1. The Labute approximate surface area is 123 Å². The zero-order valence-corrected chi connectivity index (χ0v) is 11.8. The molecule has 1 aromatic carbocycles. The number of nitrogens with zero attached hydrogens (tertiary/aromatic N) is 1. The molecule has 0 aliphatic carbocycles. The van der Waals surface area contributed by atoms with Gasteiger partial charge < -0.3 is 11.1 Å². The Hall–Kier alpha value is -2.43.